The third-order valence-corrected chi connectivity index (χ3v) is 11.5. The van der Waals surface area contributed by atoms with Gasteiger partial charge >= 0.3 is 0 Å². The third-order valence-electron chi connectivity index (χ3n) is 11.5. The van der Waals surface area contributed by atoms with Crippen molar-refractivity contribution in [2.75, 3.05) is 13.1 Å². The first kappa shape index (κ1) is 28.5. The van der Waals surface area contributed by atoms with Crippen molar-refractivity contribution in [3.8, 4) is 0 Å². The lowest BCUT2D eigenvalue weighted by Crippen LogP contribution is -2.46. The van der Waals surface area contributed by atoms with Crippen molar-refractivity contribution in [3.05, 3.63) is 88.0 Å². The minimum atomic E-state index is -0.177. The van der Waals surface area contributed by atoms with E-state index in [4.69, 9.17) is 0 Å². The Labute approximate surface area is 247 Å². The van der Waals surface area contributed by atoms with Crippen LogP contribution in [0, 0.1) is 28.5 Å². The molecule has 4 atom stereocenters. The summed E-state index contributed by atoms with van der Waals surface area (Å²) in [5.41, 5.74) is 10.2. The van der Waals surface area contributed by atoms with Gasteiger partial charge in [0.2, 0.25) is 5.91 Å². The van der Waals surface area contributed by atoms with E-state index in [0.29, 0.717) is 17.7 Å². The summed E-state index contributed by atoms with van der Waals surface area (Å²) in [6.45, 7) is 10.6. The van der Waals surface area contributed by atoms with Crippen LogP contribution in [0.4, 0.5) is 4.39 Å². The second kappa shape index (κ2) is 10.9. The lowest BCUT2D eigenvalue weighted by molar-refractivity contribution is -0.143. The average Bonchev–Trinajstić information content (AvgIpc) is 3.32. The van der Waals surface area contributed by atoms with Gasteiger partial charge in [0.1, 0.15) is 5.82 Å². The number of rotatable bonds is 4. The fourth-order valence-corrected chi connectivity index (χ4v) is 8.93. The SMILES string of the molecule is CCC1(c2ccc(F)cc2)CCC=C([C@@H]2C[C@H]3CCC[C@@]3(C(=O)N3CCC4=C(C=C(C(C)(C)C)C=C=C4)C3)C2)CC1. The molecule has 0 N–H and O–H groups in total. The van der Waals surface area contributed by atoms with Gasteiger partial charge in [0.05, 0.1) is 5.41 Å². The molecular weight excluding hydrogens is 505 g/mol. The van der Waals surface area contributed by atoms with Gasteiger partial charge < -0.3 is 4.90 Å². The smallest absolute Gasteiger partial charge is 0.229 e. The molecule has 1 heterocycles. The zero-order valence-corrected chi connectivity index (χ0v) is 25.7. The van der Waals surface area contributed by atoms with Crippen LogP contribution in [0.25, 0.3) is 0 Å². The molecule has 0 spiro atoms. The molecule has 1 aromatic carbocycles. The molecule has 1 aromatic rings. The zero-order chi connectivity index (χ0) is 28.8. The number of hydrogen-bond acceptors (Lipinski definition) is 1. The Morgan fingerprint density at radius 1 is 1.07 bits per heavy atom. The molecule has 218 valence electrons. The number of hydrogen-bond donors (Lipinski definition) is 0. The number of allylic oxidation sites excluding steroid dienone is 4. The van der Waals surface area contributed by atoms with Gasteiger partial charge in [0.25, 0.3) is 0 Å². The monoisotopic (exact) mass is 553 g/mol. The molecule has 1 unspecified atom stereocenters. The first-order chi connectivity index (χ1) is 19.6. The van der Waals surface area contributed by atoms with E-state index in [2.05, 4.69) is 62.6 Å². The van der Waals surface area contributed by atoms with Crippen molar-refractivity contribution in [2.24, 2.45) is 22.7 Å². The number of nitrogens with zero attached hydrogens (tertiary/aromatic N) is 1. The summed E-state index contributed by atoms with van der Waals surface area (Å²) >= 11 is 0. The Kier molecular flexibility index (Phi) is 7.56. The first-order valence-corrected chi connectivity index (χ1v) is 16.2. The Balaban J connectivity index is 1.18. The van der Waals surface area contributed by atoms with Gasteiger partial charge in [-0.15, -0.1) is 5.73 Å². The van der Waals surface area contributed by atoms with Gasteiger partial charge in [-0.3, -0.25) is 4.79 Å². The maximum Gasteiger partial charge on any atom is 0.229 e. The van der Waals surface area contributed by atoms with Gasteiger partial charge in [0, 0.05) is 13.1 Å². The molecular formula is C38H48FNO. The highest BCUT2D eigenvalue weighted by Crippen LogP contribution is 2.60. The van der Waals surface area contributed by atoms with Crippen molar-refractivity contribution >= 4 is 5.91 Å². The molecule has 0 bridgehead atoms. The van der Waals surface area contributed by atoms with Crippen LogP contribution in [0.5, 0.6) is 0 Å². The Bertz CT molecular complexity index is 1350. The van der Waals surface area contributed by atoms with Crippen LogP contribution in [-0.2, 0) is 10.2 Å². The number of carbonyl (C=O) groups excluding carboxylic acids is 1. The molecule has 2 saturated carbocycles. The molecule has 41 heavy (non-hydrogen) atoms. The van der Waals surface area contributed by atoms with E-state index in [9.17, 15) is 9.18 Å². The standard InChI is InChI=1S/C38H48FNO/c1-5-37(31-13-15-34(39)16-14-31)19-7-10-27(17-21-37)29-23-33-12-8-20-38(33,25-29)35(41)40-22-18-28-9-6-11-32(36(2,3)4)24-30(28)26-40/h9-11,13-16,24,29,33H,5,7-8,12,17-23,25-26H2,1-4H3/t29-,33-,37?,38-/m1/s1. The molecule has 6 rings (SSSR count). The van der Waals surface area contributed by atoms with Crippen molar-refractivity contribution in [2.45, 2.75) is 104 Å². The van der Waals surface area contributed by atoms with Gasteiger partial charge in [-0.1, -0.05) is 64.0 Å². The predicted molar refractivity (Wildman–Crippen MR) is 166 cm³/mol. The normalized spacial score (nSPS) is 31.8. The molecule has 1 aliphatic heterocycles. The van der Waals surface area contributed by atoms with Gasteiger partial charge in [0.15, 0.2) is 0 Å². The minimum Gasteiger partial charge on any atom is -0.338 e. The highest BCUT2D eigenvalue weighted by atomic mass is 19.1. The van der Waals surface area contributed by atoms with Crippen molar-refractivity contribution < 1.29 is 9.18 Å². The minimum absolute atomic E-state index is 0.0575. The van der Waals surface area contributed by atoms with E-state index in [1.807, 2.05) is 12.1 Å². The molecule has 0 saturated heterocycles. The molecule has 2 nitrogen and oxygen atoms in total. The van der Waals surface area contributed by atoms with Gasteiger partial charge in [-0.05, 0) is 133 Å². The van der Waals surface area contributed by atoms with Crippen molar-refractivity contribution in [3.63, 3.8) is 0 Å². The summed E-state index contributed by atoms with van der Waals surface area (Å²) in [5, 5.41) is 0. The van der Waals surface area contributed by atoms with Gasteiger partial charge in [-0.2, -0.15) is 0 Å². The Morgan fingerprint density at radius 3 is 2.63 bits per heavy atom. The highest BCUT2D eigenvalue weighted by molar-refractivity contribution is 5.84. The fraction of sp³-hybridized carbons (Fsp3) is 0.579. The van der Waals surface area contributed by atoms with E-state index in [1.165, 1.54) is 41.5 Å². The van der Waals surface area contributed by atoms with E-state index >= 15 is 0 Å². The van der Waals surface area contributed by atoms with E-state index in [1.54, 1.807) is 17.7 Å². The third kappa shape index (κ3) is 5.25. The number of amides is 1. The quantitative estimate of drug-likeness (QED) is 0.269. The van der Waals surface area contributed by atoms with E-state index < -0.39 is 0 Å². The van der Waals surface area contributed by atoms with Crippen LogP contribution in [0.15, 0.2) is 76.6 Å². The van der Waals surface area contributed by atoms with Crippen molar-refractivity contribution in [1.29, 1.82) is 0 Å². The topological polar surface area (TPSA) is 20.3 Å². The second-order valence-corrected chi connectivity index (χ2v) is 14.7. The van der Waals surface area contributed by atoms with Gasteiger partial charge in [-0.25, -0.2) is 4.39 Å². The molecule has 3 heteroatoms. The maximum absolute atomic E-state index is 14.5. The predicted octanol–water partition coefficient (Wildman–Crippen LogP) is 9.40. The summed E-state index contributed by atoms with van der Waals surface area (Å²) in [6.07, 6.45) is 21.2. The first-order valence-electron chi connectivity index (χ1n) is 16.2. The molecule has 2 fully saturated rings. The Hall–Kier alpha value is -2.64. The average molecular weight is 554 g/mol. The lowest BCUT2D eigenvalue weighted by Gasteiger charge is -2.38. The maximum atomic E-state index is 14.5. The van der Waals surface area contributed by atoms with Crippen LogP contribution >= 0.6 is 0 Å². The summed E-state index contributed by atoms with van der Waals surface area (Å²) in [7, 11) is 0. The molecule has 5 aliphatic rings. The molecule has 4 aliphatic carbocycles. The zero-order valence-electron chi connectivity index (χ0n) is 25.7. The van der Waals surface area contributed by atoms with Crippen LogP contribution in [-0.4, -0.2) is 23.9 Å². The van der Waals surface area contributed by atoms with Crippen LogP contribution in [0.3, 0.4) is 0 Å². The Morgan fingerprint density at radius 2 is 1.88 bits per heavy atom. The second-order valence-electron chi connectivity index (χ2n) is 14.7. The summed E-state index contributed by atoms with van der Waals surface area (Å²) in [6, 6.07) is 7.27. The summed E-state index contributed by atoms with van der Waals surface area (Å²) < 4.78 is 13.7. The highest BCUT2D eigenvalue weighted by Gasteiger charge is 2.56. The van der Waals surface area contributed by atoms with Crippen molar-refractivity contribution in [1.82, 2.24) is 4.90 Å². The molecule has 0 aromatic heterocycles. The number of carbonyl (C=O) groups is 1. The van der Waals surface area contributed by atoms with Crippen LogP contribution in [0.1, 0.15) is 104 Å². The molecule has 0 radical (unpaired) electrons. The molecule has 1 amide bonds. The number of benzene rings is 1. The number of halogens is 1. The fourth-order valence-electron chi connectivity index (χ4n) is 8.93. The summed E-state index contributed by atoms with van der Waals surface area (Å²) in [5.74, 6) is 1.33. The lowest BCUT2D eigenvalue weighted by atomic mass is 9.71. The van der Waals surface area contributed by atoms with E-state index in [0.717, 1.165) is 64.5 Å². The van der Waals surface area contributed by atoms with Crippen LogP contribution in [0.2, 0.25) is 0 Å². The largest absolute Gasteiger partial charge is 0.338 e. The van der Waals surface area contributed by atoms with Crippen LogP contribution < -0.4 is 0 Å². The van der Waals surface area contributed by atoms with E-state index in [-0.39, 0.29) is 22.1 Å². The summed E-state index contributed by atoms with van der Waals surface area (Å²) in [4.78, 5) is 16.7. The number of fused-ring (bicyclic) bond motifs is 1.